The van der Waals surface area contributed by atoms with Crippen LogP contribution in [-0.2, 0) is 4.74 Å². The number of hydrogen-bond donors (Lipinski definition) is 1. The number of ether oxygens (including phenoxy) is 1. The van der Waals surface area contributed by atoms with Gasteiger partial charge in [-0.25, -0.2) is 4.39 Å². The number of benzene rings is 1. The minimum Gasteiger partial charge on any atom is -0.369 e. The lowest BCUT2D eigenvalue weighted by molar-refractivity contribution is -0.0666. The van der Waals surface area contributed by atoms with E-state index in [1.165, 1.54) is 12.5 Å². The Morgan fingerprint density at radius 2 is 2.05 bits per heavy atom. The van der Waals surface area contributed by atoms with Crippen molar-refractivity contribution in [2.75, 3.05) is 13.6 Å². The molecule has 2 nitrogen and oxygen atoms in total. The molecular weight excluding hydrogens is 265 g/mol. The van der Waals surface area contributed by atoms with Crippen molar-refractivity contribution in [1.82, 2.24) is 5.32 Å². The van der Waals surface area contributed by atoms with Crippen molar-refractivity contribution in [1.29, 1.82) is 0 Å². The van der Waals surface area contributed by atoms with Crippen LogP contribution in [-0.4, -0.2) is 19.7 Å². The van der Waals surface area contributed by atoms with Crippen molar-refractivity contribution >= 4 is 0 Å². The first kappa shape index (κ1) is 16.4. The van der Waals surface area contributed by atoms with Crippen LogP contribution in [0.25, 0.3) is 0 Å². The largest absolute Gasteiger partial charge is 0.369 e. The average molecular weight is 293 g/mol. The summed E-state index contributed by atoms with van der Waals surface area (Å²) in [6.45, 7) is 7.52. The van der Waals surface area contributed by atoms with E-state index in [4.69, 9.17) is 4.74 Å². The monoisotopic (exact) mass is 293 g/mol. The quantitative estimate of drug-likeness (QED) is 0.873. The Hall–Kier alpha value is -0.930. The molecule has 0 aromatic heterocycles. The molecule has 3 unspecified atom stereocenters. The lowest BCUT2D eigenvalue weighted by Crippen LogP contribution is -2.35. The Labute approximate surface area is 128 Å². The molecule has 1 saturated carbocycles. The summed E-state index contributed by atoms with van der Waals surface area (Å²) in [5.74, 6) is 0.482. The molecule has 1 aliphatic rings. The first-order valence-electron chi connectivity index (χ1n) is 7.96. The molecule has 0 spiro atoms. The first-order chi connectivity index (χ1) is 9.91. The number of halogens is 1. The van der Waals surface area contributed by atoms with Crippen molar-refractivity contribution in [3.05, 3.63) is 35.6 Å². The number of rotatable bonds is 5. The van der Waals surface area contributed by atoms with Gasteiger partial charge in [-0.2, -0.15) is 0 Å². The van der Waals surface area contributed by atoms with Crippen LogP contribution >= 0.6 is 0 Å². The third kappa shape index (κ3) is 4.52. The highest BCUT2D eigenvalue weighted by Crippen LogP contribution is 2.41. The van der Waals surface area contributed by atoms with Gasteiger partial charge in [-0.1, -0.05) is 39.0 Å². The fourth-order valence-corrected chi connectivity index (χ4v) is 3.75. The third-order valence-electron chi connectivity index (χ3n) is 4.34. The van der Waals surface area contributed by atoms with E-state index in [-0.39, 0.29) is 18.0 Å². The summed E-state index contributed by atoms with van der Waals surface area (Å²) < 4.78 is 20.3. The molecule has 1 aliphatic carbocycles. The highest BCUT2D eigenvalue weighted by molar-refractivity contribution is 5.20. The van der Waals surface area contributed by atoms with Crippen LogP contribution in [0.1, 0.15) is 51.7 Å². The molecular formula is C18H28FNO. The minimum absolute atomic E-state index is 0.180. The van der Waals surface area contributed by atoms with Gasteiger partial charge in [0.05, 0.1) is 12.2 Å². The van der Waals surface area contributed by atoms with Crippen molar-refractivity contribution in [3.63, 3.8) is 0 Å². The summed E-state index contributed by atoms with van der Waals surface area (Å²) in [7, 11) is 1.88. The smallest absolute Gasteiger partial charge is 0.129 e. The van der Waals surface area contributed by atoms with Crippen LogP contribution in [0.4, 0.5) is 4.39 Å². The van der Waals surface area contributed by atoms with Gasteiger partial charge >= 0.3 is 0 Å². The van der Waals surface area contributed by atoms with E-state index in [1.807, 2.05) is 19.2 Å². The Morgan fingerprint density at radius 1 is 1.33 bits per heavy atom. The Balaban J connectivity index is 2.11. The van der Waals surface area contributed by atoms with Gasteiger partial charge in [-0.05, 0) is 43.7 Å². The fraction of sp³-hybridized carbons (Fsp3) is 0.667. The molecule has 3 heteroatoms. The maximum Gasteiger partial charge on any atom is 0.129 e. The molecule has 3 atom stereocenters. The SMILES string of the molecule is CNCC(OC1CC(C)CC(C)(C)C1)c1ccccc1F. The lowest BCUT2D eigenvalue weighted by atomic mass is 9.71. The Morgan fingerprint density at radius 3 is 2.67 bits per heavy atom. The molecule has 21 heavy (non-hydrogen) atoms. The maximum atomic E-state index is 14.0. The third-order valence-corrected chi connectivity index (χ3v) is 4.34. The number of likely N-dealkylation sites (N-methyl/N-ethyl adjacent to an activating group) is 1. The fourth-order valence-electron chi connectivity index (χ4n) is 3.75. The molecule has 0 saturated heterocycles. The Kier molecular flexibility index (Phi) is 5.39. The summed E-state index contributed by atoms with van der Waals surface area (Å²) in [5, 5.41) is 3.12. The molecule has 0 heterocycles. The standard InChI is InChI=1S/C18H28FNO/c1-13-9-14(11-18(2,3)10-13)21-17(12-20-4)15-7-5-6-8-16(15)19/h5-8,13-14,17,20H,9-12H2,1-4H3. The van der Waals surface area contributed by atoms with Crippen molar-refractivity contribution < 1.29 is 9.13 Å². The second-order valence-electron chi connectivity index (χ2n) is 7.24. The van der Waals surface area contributed by atoms with Gasteiger partial charge in [0.25, 0.3) is 0 Å². The van der Waals surface area contributed by atoms with E-state index in [0.717, 1.165) is 12.8 Å². The number of hydrogen-bond acceptors (Lipinski definition) is 2. The predicted molar refractivity (Wildman–Crippen MR) is 84.7 cm³/mol. The van der Waals surface area contributed by atoms with Gasteiger partial charge in [-0.3, -0.25) is 0 Å². The summed E-state index contributed by atoms with van der Waals surface area (Å²) >= 11 is 0. The molecule has 1 N–H and O–H groups in total. The van der Waals surface area contributed by atoms with Crippen LogP contribution in [0, 0.1) is 17.2 Å². The van der Waals surface area contributed by atoms with E-state index in [1.54, 1.807) is 6.07 Å². The van der Waals surface area contributed by atoms with Crippen molar-refractivity contribution in [2.45, 2.75) is 52.2 Å². The lowest BCUT2D eigenvalue weighted by Gasteiger charge is -2.40. The molecule has 118 valence electrons. The zero-order valence-electron chi connectivity index (χ0n) is 13.7. The van der Waals surface area contributed by atoms with Crippen LogP contribution < -0.4 is 5.32 Å². The second kappa shape index (κ2) is 6.89. The molecule has 1 aromatic carbocycles. The molecule has 1 fully saturated rings. The van der Waals surface area contributed by atoms with Crippen LogP contribution in [0.15, 0.2) is 24.3 Å². The molecule has 0 aliphatic heterocycles. The zero-order valence-corrected chi connectivity index (χ0v) is 13.7. The molecule has 0 radical (unpaired) electrons. The van der Waals surface area contributed by atoms with Crippen molar-refractivity contribution in [2.24, 2.45) is 11.3 Å². The van der Waals surface area contributed by atoms with Gasteiger partial charge in [0.15, 0.2) is 0 Å². The summed E-state index contributed by atoms with van der Waals surface area (Å²) in [5.41, 5.74) is 0.963. The Bertz CT molecular complexity index is 460. The minimum atomic E-state index is -0.220. The van der Waals surface area contributed by atoms with Crippen molar-refractivity contribution in [3.8, 4) is 0 Å². The van der Waals surface area contributed by atoms with E-state index in [0.29, 0.717) is 23.4 Å². The highest BCUT2D eigenvalue weighted by atomic mass is 19.1. The molecule has 0 amide bonds. The van der Waals surface area contributed by atoms with Crippen LogP contribution in [0.3, 0.4) is 0 Å². The van der Waals surface area contributed by atoms with E-state index in [2.05, 4.69) is 26.1 Å². The summed E-state index contributed by atoms with van der Waals surface area (Å²) in [4.78, 5) is 0. The van der Waals surface area contributed by atoms with Crippen LogP contribution in [0.5, 0.6) is 0 Å². The highest BCUT2D eigenvalue weighted by Gasteiger charge is 2.34. The molecule has 0 bridgehead atoms. The normalized spacial score (nSPS) is 26.5. The van der Waals surface area contributed by atoms with E-state index < -0.39 is 0 Å². The topological polar surface area (TPSA) is 21.3 Å². The van der Waals surface area contributed by atoms with Crippen LogP contribution in [0.2, 0.25) is 0 Å². The van der Waals surface area contributed by atoms with Gasteiger partial charge < -0.3 is 10.1 Å². The van der Waals surface area contributed by atoms with E-state index in [9.17, 15) is 4.39 Å². The maximum absolute atomic E-state index is 14.0. The van der Waals surface area contributed by atoms with Gasteiger partial charge in [-0.15, -0.1) is 0 Å². The van der Waals surface area contributed by atoms with Gasteiger partial charge in [0.1, 0.15) is 5.82 Å². The first-order valence-corrected chi connectivity index (χ1v) is 7.96. The summed E-state index contributed by atoms with van der Waals surface area (Å²) in [6.07, 6.45) is 3.34. The van der Waals surface area contributed by atoms with Gasteiger partial charge in [0, 0.05) is 12.1 Å². The summed E-state index contributed by atoms with van der Waals surface area (Å²) in [6, 6.07) is 6.93. The zero-order chi connectivity index (χ0) is 15.5. The molecule has 1 aromatic rings. The van der Waals surface area contributed by atoms with E-state index >= 15 is 0 Å². The van der Waals surface area contributed by atoms with Gasteiger partial charge in [0.2, 0.25) is 0 Å². The number of nitrogens with one attached hydrogen (secondary N) is 1. The second-order valence-corrected chi connectivity index (χ2v) is 7.24. The average Bonchev–Trinajstić information content (AvgIpc) is 2.36. The predicted octanol–water partition coefficient (Wildman–Crippen LogP) is 4.32. The molecule has 2 rings (SSSR count).